The smallest absolute Gasteiger partial charge is 0.328 e. The maximum atomic E-state index is 13.0. The quantitative estimate of drug-likeness (QED) is 0.137. The van der Waals surface area contributed by atoms with Gasteiger partial charge in [0.25, 0.3) is 0 Å². The molecule has 13 nitrogen and oxygen atoms in total. The molecule has 34 heavy (non-hydrogen) atoms. The average molecular weight is 482 g/mol. The molecule has 1 aromatic carbocycles. The van der Waals surface area contributed by atoms with Gasteiger partial charge in [-0.15, -0.1) is 0 Å². The van der Waals surface area contributed by atoms with E-state index in [1.807, 2.05) is 5.32 Å². The molecule has 188 valence electrons. The molecule has 0 saturated carbocycles. The normalized spacial score (nSPS) is 15.2. The second kappa shape index (κ2) is 13.9. The van der Waals surface area contributed by atoms with Crippen molar-refractivity contribution >= 4 is 29.7 Å². The summed E-state index contributed by atoms with van der Waals surface area (Å²) in [6, 6.07) is 2.80. The van der Waals surface area contributed by atoms with Crippen LogP contribution in [-0.4, -0.2) is 87.0 Å². The molecule has 5 unspecified atom stereocenters. The minimum atomic E-state index is -1.67. The Labute approximate surface area is 195 Å². The summed E-state index contributed by atoms with van der Waals surface area (Å²) in [7, 11) is 0. The van der Waals surface area contributed by atoms with Gasteiger partial charge in [0.2, 0.25) is 17.7 Å². The molecule has 1 rings (SSSR count). The lowest BCUT2D eigenvalue weighted by Gasteiger charge is -2.25. The van der Waals surface area contributed by atoms with Crippen molar-refractivity contribution in [3.8, 4) is 0 Å². The second-order valence-electron chi connectivity index (χ2n) is 7.59. The van der Waals surface area contributed by atoms with Gasteiger partial charge in [-0.3, -0.25) is 19.2 Å². The molecule has 5 atom stereocenters. The first kappa shape index (κ1) is 28.5. The highest BCUT2D eigenvalue weighted by Gasteiger charge is 2.31. The van der Waals surface area contributed by atoms with E-state index >= 15 is 0 Å². The van der Waals surface area contributed by atoms with E-state index in [-0.39, 0.29) is 12.8 Å². The summed E-state index contributed by atoms with van der Waals surface area (Å²) in [5.41, 5.74) is 6.27. The highest BCUT2D eigenvalue weighted by atomic mass is 16.4. The number of nitrogens with two attached hydrogens (primary N) is 1. The monoisotopic (exact) mass is 482 g/mol. The predicted octanol–water partition coefficient (Wildman–Crippen LogP) is -2.67. The SMILES string of the molecule is CC(O)C(N)C(=O)NC(Cc1ccccc1)C(=O)NC(CCC(=O)O)C(=O)NC(CO)C(=O)O. The number of aliphatic carboxylic acids is 2. The fourth-order valence-electron chi connectivity index (χ4n) is 2.81. The summed E-state index contributed by atoms with van der Waals surface area (Å²) in [6.45, 7) is 0.368. The van der Waals surface area contributed by atoms with Crippen molar-refractivity contribution < 1.29 is 44.4 Å². The number of nitrogens with one attached hydrogen (secondary N) is 3. The topological polar surface area (TPSA) is 228 Å². The van der Waals surface area contributed by atoms with Crippen LogP contribution in [0.5, 0.6) is 0 Å². The summed E-state index contributed by atoms with van der Waals surface area (Å²) < 4.78 is 0. The van der Waals surface area contributed by atoms with Crippen LogP contribution in [0.1, 0.15) is 25.3 Å². The van der Waals surface area contributed by atoms with Crippen LogP contribution in [0.4, 0.5) is 0 Å². The Morgan fingerprint density at radius 3 is 1.91 bits per heavy atom. The Morgan fingerprint density at radius 2 is 1.41 bits per heavy atom. The molecule has 0 saturated heterocycles. The number of carboxylic acid groups (broad SMARTS) is 2. The second-order valence-corrected chi connectivity index (χ2v) is 7.59. The zero-order valence-corrected chi connectivity index (χ0v) is 18.5. The van der Waals surface area contributed by atoms with Gasteiger partial charge in [-0.2, -0.15) is 0 Å². The van der Waals surface area contributed by atoms with Crippen molar-refractivity contribution in [2.45, 2.75) is 56.5 Å². The van der Waals surface area contributed by atoms with Gasteiger partial charge in [0.1, 0.15) is 24.2 Å². The van der Waals surface area contributed by atoms with E-state index in [0.29, 0.717) is 5.56 Å². The lowest BCUT2D eigenvalue weighted by molar-refractivity contribution is -0.144. The van der Waals surface area contributed by atoms with Crippen LogP contribution in [0.25, 0.3) is 0 Å². The van der Waals surface area contributed by atoms with Crippen molar-refractivity contribution in [1.29, 1.82) is 0 Å². The fraction of sp³-hybridized carbons (Fsp3) is 0.476. The first-order valence-corrected chi connectivity index (χ1v) is 10.4. The predicted molar refractivity (Wildman–Crippen MR) is 117 cm³/mol. The molecule has 0 heterocycles. The van der Waals surface area contributed by atoms with Crippen molar-refractivity contribution in [3.05, 3.63) is 35.9 Å². The standard InChI is InChI=1S/C21H30N4O9/c1-11(27)17(22)20(32)24-14(9-12-5-3-2-4-6-12)19(31)23-13(7-8-16(28)29)18(30)25-15(10-26)21(33)34/h2-6,11,13-15,17,26-27H,7-10,22H2,1H3,(H,23,31)(H,24,32)(H,25,30)(H,28,29)(H,33,34). The molecule has 3 amide bonds. The Hall–Kier alpha value is -3.55. The van der Waals surface area contributed by atoms with E-state index in [2.05, 4.69) is 10.6 Å². The molecule has 0 bridgehead atoms. The molecule has 13 heteroatoms. The first-order chi connectivity index (χ1) is 16.0. The van der Waals surface area contributed by atoms with Gasteiger partial charge in [0.05, 0.1) is 12.7 Å². The van der Waals surface area contributed by atoms with Gasteiger partial charge >= 0.3 is 11.9 Å². The number of aliphatic hydroxyl groups excluding tert-OH is 2. The van der Waals surface area contributed by atoms with Crippen molar-refractivity contribution in [3.63, 3.8) is 0 Å². The fourth-order valence-corrected chi connectivity index (χ4v) is 2.81. The third kappa shape index (κ3) is 9.52. The zero-order chi connectivity index (χ0) is 25.8. The summed E-state index contributed by atoms with van der Waals surface area (Å²) in [6.07, 6.45) is -2.14. The molecule has 0 aliphatic carbocycles. The molecular formula is C21H30N4O9. The number of aliphatic hydroxyl groups is 2. The van der Waals surface area contributed by atoms with E-state index in [1.165, 1.54) is 6.92 Å². The van der Waals surface area contributed by atoms with Crippen molar-refractivity contribution in [1.82, 2.24) is 16.0 Å². The number of carboxylic acids is 2. The van der Waals surface area contributed by atoms with Gasteiger partial charge in [0, 0.05) is 12.8 Å². The van der Waals surface area contributed by atoms with Crippen LogP contribution >= 0.6 is 0 Å². The van der Waals surface area contributed by atoms with Crippen molar-refractivity contribution in [2.24, 2.45) is 5.73 Å². The summed E-state index contributed by atoms with van der Waals surface area (Å²) in [5.74, 6) is -5.51. The third-order valence-corrected chi connectivity index (χ3v) is 4.82. The number of benzene rings is 1. The van der Waals surface area contributed by atoms with Crippen LogP contribution < -0.4 is 21.7 Å². The molecular weight excluding hydrogens is 452 g/mol. The highest BCUT2D eigenvalue weighted by Crippen LogP contribution is 2.07. The molecule has 9 N–H and O–H groups in total. The molecule has 0 radical (unpaired) electrons. The van der Waals surface area contributed by atoms with E-state index in [9.17, 15) is 29.1 Å². The van der Waals surface area contributed by atoms with Crippen LogP contribution in [0.2, 0.25) is 0 Å². The first-order valence-electron chi connectivity index (χ1n) is 10.4. The molecule has 0 aliphatic rings. The van der Waals surface area contributed by atoms with E-state index in [0.717, 1.165) is 0 Å². The Bertz CT molecular complexity index is 863. The van der Waals surface area contributed by atoms with Gasteiger partial charge in [-0.25, -0.2) is 4.79 Å². The lowest BCUT2D eigenvalue weighted by atomic mass is 10.0. The summed E-state index contributed by atoms with van der Waals surface area (Å²) >= 11 is 0. The van der Waals surface area contributed by atoms with Gasteiger partial charge < -0.3 is 42.1 Å². The van der Waals surface area contributed by atoms with Crippen LogP contribution in [-0.2, 0) is 30.4 Å². The molecule has 0 spiro atoms. The Balaban J connectivity index is 3.10. The minimum absolute atomic E-state index is 0.0212. The van der Waals surface area contributed by atoms with Crippen molar-refractivity contribution in [2.75, 3.05) is 6.61 Å². The zero-order valence-electron chi connectivity index (χ0n) is 18.5. The van der Waals surface area contributed by atoms with E-state index < -0.39 is 73.0 Å². The van der Waals surface area contributed by atoms with Crippen LogP contribution in [0.3, 0.4) is 0 Å². The Morgan fingerprint density at radius 1 is 0.882 bits per heavy atom. The molecule has 1 aromatic rings. The van der Waals surface area contributed by atoms with E-state index in [1.54, 1.807) is 30.3 Å². The average Bonchev–Trinajstić information content (AvgIpc) is 2.78. The maximum Gasteiger partial charge on any atom is 0.328 e. The van der Waals surface area contributed by atoms with E-state index in [4.69, 9.17) is 21.1 Å². The third-order valence-electron chi connectivity index (χ3n) is 4.82. The summed E-state index contributed by atoms with van der Waals surface area (Å²) in [5, 5.41) is 43.4. The summed E-state index contributed by atoms with van der Waals surface area (Å²) in [4.78, 5) is 60.0. The van der Waals surface area contributed by atoms with Crippen LogP contribution in [0, 0.1) is 0 Å². The Kier molecular flexibility index (Phi) is 11.6. The number of rotatable bonds is 14. The number of hydrogen-bond donors (Lipinski definition) is 8. The van der Waals surface area contributed by atoms with Gasteiger partial charge in [-0.1, -0.05) is 30.3 Å². The highest BCUT2D eigenvalue weighted by molar-refractivity contribution is 5.94. The largest absolute Gasteiger partial charge is 0.481 e. The molecule has 0 aliphatic heterocycles. The maximum absolute atomic E-state index is 13.0. The van der Waals surface area contributed by atoms with Gasteiger partial charge in [-0.05, 0) is 18.9 Å². The minimum Gasteiger partial charge on any atom is -0.481 e. The number of carbonyl (C=O) groups is 5. The van der Waals surface area contributed by atoms with Crippen LogP contribution in [0.15, 0.2) is 30.3 Å². The number of carbonyl (C=O) groups excluding carboxylic acids is 3. The molecule has 0 aromatic heterocycles. The molecule has 0 fully saturated rings. The van der Waals surface area contributed by atoms with Gasteiger partial charge in [0.15, 0.2) is 0 Å². The lowest BCUT2D eigenvalue weighted by Crippen LogP contribution is -2.58. The number of hydrogen-bond acceptors (Lipinski definition) is 8. The number of amides is 3.